The standard InChI is InChI=1S/C11H9Br2F3O/c1-6(13)10(17)9-4-8(11(14,15)16)3-2-7(9)5-12/h2-4,6H,5H2,1H3. The van der Waals surface area contributed by atoms with Crippen molar-refractivity contribution in [2.24, 2.45) is 0 Å². The summed E-state index contributed by atoms with van der Waals surface area (Å²) in [4.78, 5) is 11.3. The first-order valence-electron chi connectivity index (χ1n) is 4.71. The highest BCUT2D eigenvalue weighted by atomic mass is 79.9. The van der Waals surface area contributed by atoms with Crippen LogP contribution in [0.25, 0.3) is 0 Å². The van der Waals surface area contributed by atoms with E-state index >= 15 is 0 Å². The van der Waals surface area contributed by atoms with Gasteiger partial charge < -0.3 is 0 Å². The van der Waals surface area contributed by atoms with Crippen molar-refractivity contribution in [3.8, 4) is 0 Å². The minimum Gasteiger partial charge on any atom is -0.293 e. The van der Waals surface area contributed by atoms with Gasteiger partial charge in [0.25, 0.3) is 0 Å². The van der Waals surface area contributed by atoms with Crippen LogP contribution in [-0.4, -0.2) is 10.6 Å². The lowest BCUT2D eigenvalue weighted by atomic mass is 10.00. The highest BCUT2D eigenvalue weighted by Gasteiger charge is 2.31. The largest absolute Gasteiger partial charge is 0.416 e. The van der Waals surface area contributed by atoms with Crippen molar-refractivity contribution >= 4 is 37.6 Å². The van der Waals surface area contributed by atoms with E-state index in [0.29, 0.717) is 10.9 Å². The molecule has 0 amide bonds. The molecule has 0 aliphatic heterocycles. The quantitative estimate of drug-likeness (QED) is 0.560. The van der Waals surface area contributed by atoms with E-state index in [2.05, 4.69) is 31.9 Å². The number of hydrogen-bond acceptors (Lipinski definition) is 1. The molecule has 1 aromatic carbocycles. The third-order valence-corrected chi connectivity index (χ3v) is 3.23. The van der Waals surface area contributed by atoms with E-state index in [4.69, 9.17) is 0 Å². The summed E-state index contributed by atoms with van der Waals surface area (Å²) in [5.41, 5.74) is -0.158. The molecule has 17 heavy (non-hydrogen) atoms. The third kappa shape index (κ3) is 3.55. The van der Waals surface area contributed by atoms with E-state index in [0.717, 1.165) is 12.1 Å². The molecule has 1 atom stereocenters. The summed E-state index contributed by atoms with van der Waals surface area (Å²) < 4.78 is 37.6. The molecule has 0 fully saturated rings. The minimum absolute atomic E-state index is 0.0982. The SMILES string of the molecule is CC(Br)C(=O)c1cc(C(F)(F)F)ccc1CBr. The maximum absolute atomic E-state index is 12.5. The molecule has 1 nitrogen and oxygen atoms in total. The average molecular weight is 374 g/mol. The number of Topliss-reactive ketones (excluding diaryl/α,β-unsaturated/α-hetero) is 1. The zero-order chi connectivity index (χ0) is 13.2. The van der Waals surface area contributed by atoms with E-state index in [1.807, 2.05) is 0 Å². The van der Waals surface area contributed by atoms with Crippen LogP contribution in [0.15, 0.2) is 18.2 Å². The average Bonchev–Trinajstić information content (AvgIpc) is 2.25. The second-order valence-corrected chi connectivity index (χ2v) is 5.42. The molecule has 0 radical (unpaired) electrons. The molecule has 1 rings (SSSR count). The van der Waals surface area contributed by atoms with Gasteiger partial charge in [-0.25, -0.2) is 0 Å². The van der Waals surface area contributed by atoms with Crippen LogP contribution in [0.1, 0.15) is 28.4 Å². The number of benzene rings is 1. The van der Waals surface area contributed by atoms with Gasteiger partial charge in [-0.15, -0.1) is 0 Å². The van der Waals surface area contributed by atoms with E-state index in [1.165, 1.54) is 6.07 Å². The Kier molecular flexibility index (Phi) is 4.77. The van der Waals surface area contributed by atoms with Gasteiger partial charge in [-0.1, -0.05) is 37.9 Å². The van der Waals surface area contributed by atoms with Gasteiger partial charge >= 0.3 is 6.18 Å². The Bertz CT molecular complexity index is 427. The van der Waals surface area contributed by atoms with Crippen molar-refractivity contribution in [2.45, 2.75) is 23.3 Å². The lowest BCUT2D eigenvalue weighted by Crippen LogP contribution is -2.14. The molecule has 0 saturated carbocycles. The fourth-order valence-electron chi connectivity index (χ4n) is 1.31. The number of carbonyl (C=O) groups is 1. The van der Waals surface area contributed by atoms with E-state index in [9.17, 15) is 18.0 Å². The Balaban J connectivity index is 3.30. The van der Waals surface area contributed by atoms with Crippen LogP contribution >= 0.6 is 31.9 Å². The molecule has 1 aromatic rings. The summed E-state index contributed by atoms with van der Waals surface area (Å²) in [6, 6.07) is 3.20. The molecule has 6 heteroatoms. The predicted octanol–water partition coefficient (Wildman–Crippen LogP) is 4.57. The van der Waals surface area contributed by atoms with Gasteiger partial charge in [-0.05, 0) is 24.6 Å². The van der Waals surface area contributed by atoms with Crippen LogP contribution in [0, 0.1) is 0 Å². The highest BCUT2D eigenvalue weighted by Crippen LogP contribution is 2.31. The molecule has 0 saturated heterocycles. The van der Waals surface area contributed by atoms with Crippen molar-refractivity contribution in [3.63, 3.8) is 0 Å². The summed E-state index contributed by atoms with van der Waals surface area (Å²) >= 11 is 6.22. The molecule has 0 bridgehead atoms. The van der Waals surface area contributed by atoms with Crippen molar-refractivity contribution < 1.29 is 18.0 Å². The number of carbonyl (C=O) groups excluding carboxylic acids is 1. The molecule has 1 unspecified atom stereocenters. The molecule has 0 aromatic heterocycles. The number of ketones is 1. The Hall–Kier alpha value is -0.360. The lowest BCUT2D eigenvalue weighted by molar-refractivity contribution is -0.137. The normalized spacial score (nSPS) is 13.5. The van der Waals surface area contributed by atoms with E-state index < -0.39 is 16.6 Å². The molecular weight excluding hydrogens is 365 g/mol. The topological polar surface area (TPSA) is 17.1 Å². The highest BCUT2D eigenvalue weighted by molar-refractivity contribution is 9.10. The molecule has 94 valence electrons. The van der Waals surface area contributed by atoms with Gasteiger partial charge in [0.15, 0.2) is 5.78 Å². The number of hydrogen-bond donors (Lipinski definition) is 0. The molecule has 0 heterocycles. The Morgan fingerprint density at radius 3 is 2.41 bits per heavy atom. The zero-order valence-corrected chi connectivity index (χ0v) is 12.0. The second-order valence-electron chi connectivity index (χ2n) is 3.48. The van der Waals surface area contributed by atoms with E-state index in [-0.39, 0.29) is 11.3 Å². The summed E-state index contributed by atoms with van der Waals surface area (Å²) in [6.07, 6.45) is -4.44. The fraction of sp³-hybridized carbons (Fsp3) is 0.364. The lowest BCUT2D eigenvalue weighted by Gasteiger charge is -2.12. The van der Waals surface area contributed by atoms with Crippen LogP contribution < -0.4 is 0 Å². The fourth-order valence-corrected chi connectivity index (χ4v) is 2.05. The minimum atomic E-state index is -4.44. The number of halogens is 5. The van der Waals surface area contributed by atoms with E-state index in [1.54, 1.807) is 6.92 Å². The Morgan fingerprint density at radius 2 is 2.00 bits per heavy atom. The van der Waals surface area contributed by atoms with Gasteiger partial charge in [0.05, 0.1) is 10.4 Å². The molecule has 0 spiro atoms. The van der Waals surface area contributed by atoms with Crippen molar-refractivity contribution in [1.29, 1.82) is 0 Å². The smallest absolute Gasteiger partial charge is 0.293 e. The van der Waals surface area contributed by atoms with Crippen molar-refractivity contribution in [3.05, 3.63) is 34.9 Å². The van der Waals surface area contributed by atoms with Crippen LogP contribution in [0.3, 0.4) is 0 Å². The van der Waals surface area contributed by atoms with Crippen LogP contribution in [0.5, 0.6) is 0 Å². The molecule has 0 aliphatic rings. The predicted molar refractivity (Wildman–Crippen MR) is 66.8 cm³/mol. The maximum atomic E-state index is 12.5. The summed E-state index contributed by atoms with van der Waals surface area (Å²) in [5, 5.41) is 0.339. The van der Waals surface area contributed by atoms with Gasteiger partial charge in [0, 0.05) is 10.9 Å². The van der Waals surface area contributed by atoms with Gasteiger partial charge in [0.2, 0.25) is 0 Å². The van der Waals surface area contributed by atoms with Crippen molar-refractivity contribution in [1.82, 2.24) is 0 Å². The first-order chi connectivity index (χ1) is 7.77. The van der Waals surface area contributed by atoms with Crippen molar-refractivity contribution in [2.75, 3.05) is 0 Å². The second kappa shape index (κ2) is 5.52. The van der Waals surface area contributed by atoms with Gasteiger partial charge in [0.1, 0.15) is 0 Å². The maximum Gasteiger partial charge on any atom is 0.416 e. The molecule has 0 N–H and O–H groups in total. The monoisotopic (exact) mass is 372 g/mol. The van der Waals surface area contributed by atoms with Crippen LogP contribution in [0.4, 0.5) is 13.2 Å². The van der Waals surface area contributed by atoms with Gasteiger partial charge in [-0.2, -0.15) is 13.2 Å². The number of alkyl halides is 5. The number of rotatable bonds is 3. The Labute approximate surface area is 114 Å². The molecule has 0 aliphatic carbocycles. The van der Waals surface area contributed by atoms with Crippen LogP contribution in [0.2, 0.25) is 0 Å². The first-order valence-corrected chi connectivity index (χ1v) is 6.75. The zero-order valence-electron chi connectivity index (χ0n) is 8.81. The third-order valence-electron chi connectivity index (χ3n) is 2.21. The Morgan fingerprint density at radius 1 is 1.41 bits per heavy atom. The summed E-state index contributed by atoms with van der Waals surface area (Å²) in [7, 11) is 0. The summed E-state index contributed by atoms with van der Waals surface area (Å²) in [5.74, 6) is -0.356. The summed E-state index contributed by atoms with van der Waals surface area (Å²) in [6.45, 7) is 1.58. The van der Waals surface area contributed by atoms with Gasteiger partial charge in [-0.3, -0.25) is 4.79 Å². The first kappa shape index (κ1) is 14.7. The van der Waals surface area contributed by atoms with Crippen LogP contribution in [-0.2, 0) is 11.5 Å². The molecular formula is C11H9Br2F3O.